The maximum absolute atomic E-state index is 14.4. The SMILES string of the molecule is Cc1ccc(-c2cc(=O)n(C)cc2-c2cc(CCNS(=O)O)ccc2Oc2ccc(F)cc2F)s1. The lowest BCUT2D eigenvalue weighted by molar-refractivity contribution is 0.439. The van der Waals surface area contributed by atoms with Gasteiger partial charge in [-0.15, -0.1) is 11.3 Å². The summed E-state index contributed by atoms with van der Waals surface area (Å²) >= 11 is -0.595. The van der Waals surface area contributed by atoms with Crippen molar-refractivity contribution in [1.29, 1.82) is 0 Å². The standard InChI is InChI=1S/C25H22F2N2O4S2/c1-15-3-8-24(34-15)19-13-25(30)29(2)14-20(19)18-11-16(9-10-28-35(31)32)4-6-22(18)33-23-7-5-17(26)12-21(23)27/h3-8,11-14,28H,9-10H2,1-2H3,(H,31,32). The smallest absolute Gasteiger partial charge is 0.250 e. The van der Waals surface area contributed by atoms with Crippen molar-refractivity contribution in [3.8, 4) is 33.1 Å². The lowest BCUT2D eigenvalue weighted by Gasteiger charge is -2.17. The zero-order valence-corrected chi connectivity index (χ0v) is 20.5. The van der Waals surface area contributed by atoms with Gasteiger partial charge in [0.05, 0.1) is 0 Å². The molecule has 4 rings (SSSR count). The van der Waals surface area contributed by atoms with Gasteiger partial charge in [0.1, 0.15) is 11.6 Å². The third kappa shape index (κ3) is 5.91. The number of pyridine rings is 1. The Balaban J connectivity index is 1.87. The second-order valence-electron chi connectivity index (χ2n) is 7.86. The summed E-state index contributed by atoms with van der Waals surface area (Å²) < 4.78 is 57.5. The fraction of sp³-hybridized carbons (Fsp3) is 0.160. The predicted molar refractivity (Wildman–Crippen MR) is 134 cm³/mol. The summed E-state index contributed by atoms with van der Waals surface area (Å²) in [6.45, 7) is 2.22. The zero-order chi connectivity index (χ0) is 25.1. The van der Waals surface area contributed by atoms with Gasteiger partial charge < -0.3 is 9.30 Å². The van der Waals surface area contributed by atoms with Gasteiger partial charge in [-0.3, -0.25) is 9.35 Å². The second-order valence-corrected chi connectivity index (χ2v) is 9.94. The molecule has 0 amide bonds. The summed E-state index contributed by atoms with van der Waals surface area (Å²) in [5.41, 5.74) is 2.61. The Hall–Kier alpha value is -3.18. The third-order valence-electron chi connectivity index (χ3n) is 5.32. The zero-order valence-electron chi connectivity index (χ0n) is 18.9. The molecule has 0 fully saturated rings. The second kappa shape index (κ2) is 10.6. The first kappa shape index (κ1) is 24.9. The molecule has 2 heterocycles. The van der Waals surface area contributed by atoms with Crippen LogP contribution in [0.25, 0.3) is 21.6 Å². The molecule has 6 nitrogen and oxygen atoms in total. The quantitative estimate of drug-likeness (QED) is 0.306. The lowest BCUT2D eigenvalue weighted by atomic mass is 9.97. The molecule has 1 atom stereocenters. The summed E-state index contributed by atoms with van der Waals surface area (Å²) in [6, 6.07) is 13.8. The van der Waals surface area contributed by atoms with Crippen molar-refractivity contribution < 1.29 is 22.3 Å². The molecule has 10 heteroatoms. The van der Waals surface area contributed by atoms with Gasteiger partial charge in [-0.1, -0.05) is 6.07 Å². The minimum absolute atomic E-state index is 0.143. The van der Waals surface area contributed by atoms with Crippen LogP contribution in [0.2, 0.25) is 0 Å². The highest BCUT2D eigenvalue weighted by Crippen LogP contribution is 2.41. The fourth-order valence-electron chi connectivity index (χ4n) is 3.62. The van der Waals surface area contributed by atoms with E-state index in [0.29, 0.717) is 28.9 Å². The number of nitrogens with zero attached hydrogens (tertiary/aromatic N) is 1. The van der Waals surface area contributed by atoms with Crippen molar-refractivity contribution in [3.63, 3.8) is 0 Å². The van der Waals surface area contributed by atoms with Gasteiger partial charge >= 0.3 is 0 Å². The van der Waals surface area contributed by atoms with Crippen molar-refractivity contribution in [1.82, 2.24) is 9.29 Å². The summed E-state index contributed by atoms with van der Waals surface area (Å²) in [6.07, 6.45) is 2.13. The molecule has 0 aliphatic carbocycles. The van der Waals surface area contributed by atoms with E-state index in [9.17, 15) is 17.8 Å². The van der Waals surface area contributed by atoms with Crippen LogP contribution >= 0.6 is 11.3 Å². The number of hydrogen-bond donors (Lipinski definition) is 2. The van der Waals surface area contributed by atoms with Crippen LogP contribution in [0.15, 0.2) is 65.6 Å². The first-order chi connectivity index (χ1) is 16.7. The van der Waals surface area contributed by atoms with E-state index >= 15 is 0 Å². The highest BCUT2D eigenvalue weighted by molar-refractivity contribution is 7.77. The van der Waals surface area contributed by atoms with Crippen molar-refractivity contribution in [2.24, 2.45) is 7.05 Å². The van der Waals surface area contributed by atoms with Crippen molar-refractivity contribution in [3.05, 3.63) is 93.2 Å². The van der Waals surface area contributed by atoms with E-state index in [1.165, 1.54) is 22.0 Å². The summed E-state index contributed by atoms with van der Waals surface area (Å²) in [5.74, 6) is -1.39. The highest BCUT2D eigenvalue weighted by Gasteiger charge is 2.18. The molecule has 0 bridgehead atoms. The Kier molecular flexibility index (Phi) is 7.56. The molecule has 0 aliphatic rings. The molecule has 1 unspecified atom stereocenters. The first-order valence-electron chi connectivity index (χ1n) is 10.6. The Morgan fingerprint density at radius 2 is 1.80 bits per heavy atom. The van der Waals surface area contributed by atoms with Gasteiger partial charge in [-0.05, 0) is 55.3 Å². The van der Waals surface area contributed by atoms with Crippen LogP contribution in [0.3, 0.4) is 0 Å². The van der Waals surface area contributed by atoms with E-state index in [2.05, 4.69) is 4.72 Å². The van der Waals surface area contributed by atoms with E-state index in [1.54, 1.807) is 31.4 Å². The van der Waals surface area contributed by atoms with E-state index in [4.69, 9.17) is 9.29 Å². The van der Waals surface area contributed by atoms with E-state index in [-0.39, 0.29) is 17.9 Å². The third-order valence-corrected chi connectivity index (χ3v) is 6.81. The van der Waals surface area contributed by atoms with Crippen LogP contribution in [0.4, 0.5) is 8.78 Å². The Bertz CT molecular complexity index is 1470. The molecule has 0 saturated heterocycles. The van der Waals surface area contributed by atoms with E-state index < -0.39 is 22.9 Å². The van der Waals surface area contributed by atoms with Gasteiger partial charge in [0.15, 0.2) is 11.6 Å². The van der Waals surface area contributed by atoms with Crippen LogP contribution in [0.5, 0.6) is 11.5 Å². The number of aryl methyl sites for hydroxylation is 2. The Morgan fingerprint density at radius 3 is 2.49 bits per heavy atom. The van der Waals surface area contributed by atoms with Crippen LogP contribution in [0, 0.1) is 18.6 Å². The maximum Gasteiger partial charge on any atom is 0.250 e. The maximum atomic E-state index is 14.4. The molecule has 0 saturated carbocycles. The van der Waals surface area contributed by atoms with E-state index in [1.807, 2.05) is 25.1 Å². The fourth-order valence-corrected chi connectivity index (χ4v) is 4.79. The average molecular weight is 517 g/mol. The lowest BCUT2D eigenvalue weighted by Crippen LogP contribution is -2.19. The van der Waals surface area contributed by atoms with Gasteiger partial charge in [-0.25, -0.2) is 17.7 Å². The Labute approximate surface area is 207 Å². The number of hydrogen-bond acceptors (Lipinski definition) is 4. The molecule has 0 aliphatic heterocycles. The minimum Gasteiger partial charge on any atom is -0.454 e. The number of benzene rings is 2. The number of thiophene rings is 1. The van der Waals surface area contributed by atoms with Crippen LogP contribution in [-0.2, 0) is 24.7 Å². The van der Waals surface area contributed by atoms with Crippen LogP contribution in [0.1, 0.15) is 10.4 Å². The Morgan fingerprint density at radius 1 is 1.03 bits per heavy atom. The average Bonchev–Trinajstić information content (AvgIpc) is 3.24. The number of ether oxygens (including phenoxy) is 1. The van der Waals surface area contributed by atoms with Crippen molar-refractivity contribution in [2.75, 3.05) is 6.54 Å². The molecule has 182 valence electrons. The highest BCUT2D eigenvalue weighted by atomic mass is 32.2. The molecular formula is C25H22F2N2O4S2. The molecule has 0 spiro atoms. The van der Waals surface area contributed by atoms with Crippen molar-refractivity contribution >= 4 is 22.6 Å². The largest absolute Gasteiger partial charge is 0.454 e. The number of halogens is 2. The molecular weight excluding hydrogens is 494 g/mol. The molecule has 2 N–H and O–H groups in total. The van der Waals surface area contributed by atoms with Crippen LogP contribution in [-0.4, -0.2) is 19.9 Å². The molecule has 0 radical (unpaired) electrons. The number of rotatable bonds is 8. The van der Waals surface area contributed by atoms with E-state index in [0.717, 1.165) is 27.5 Å². The summed E-state index contributed by atoms with van der Waals surface area (Å²) in [5, 5.41) is 0. The van der Waals surface area contributed by atoms with Gasteiger partial charge in [0, 0.05) is 58.4 Å². The van der Waals surface area contributed by atoms with Gasteiger partial charge in [0.25, 0.3) is 5.56 Å². The van der Waals surface area contributed by atoms with Crippen LogP contribution < -0.4 is 15.0 Å². The number of aromatic nitrogens is 1. The number of nitrogens with one attached hydrogen (secondary N) is 1. The molecule has 2 aromatic heterocycles. The summed E-state index contributed by atoms with van der Waals surface area (Å²) in [4.78, 5) is 14.5. The molecule has 35 heavy (non-hydrogen) atoms. The first-order valence-corrected chi connectivity index (χ1v) is 12.5. The minimum atomic E-state index is -2.13. The normalized spacial score (nSPS) is 12.0. The van der Waals surface area contributed by atoms with Gasteiger partial charge in [-0.2, -0.15) is 0 Å². The summed E-state index contributed by atoms with van der Waals surface area (Å²) in [7, 11) is 1.64. The predicted octanol–water partition coefficient (Wildman–Crippen LogP) is 5.43. The van der Waals surface area contributed by atoms with Crippen molar-refractivity contribution in [2.45, 2.75) is 13.3 Å². The monoisotopic (exact) mass is 516 g/mol. The topological polar surface area (TPSA) is 80.6 Å². The van der Waals surface area contributed by atoms with Gasteiger partial charge in [0.2, 0.25) is 11.3 Å². The molecule has 2 aromatic carbocycles. The molecule has 4 aromatic rings.